The zero-order chi connectivity index (χ0) is 15.0. The van der Waals surface area contributed by atoms with E-state index in [9.17, 15) is 0 Å². The van der Waals surface area contributed by atoms with E-state index in [-0.39, 0.29) is 0 Å². The number of aromatic nitrogens is 2. The van der Waals surface area contributed by atoms with Crippen LogP contribution in [0, 0.1) is 13.8 Å². The summed E-state index contributed by atoms with van der Waals surface area (Å²) >= 11 is 6.85. The Hall–Kier alpha value is -1.72. The molecule has 1 aromatic carbocycles. The van der Waals surface area contributed by atoms with Gasteiger partial charge in [0.15, 0.2) is 0 Å². The first-order chi connectivity index (χ1) is 10.0. The lowest BCUT2D eigenvalue weighted by molar-refractivity contribution is 0.807. The number of rotatable bonds is 4. The van der Waals surface area contributed by atoms with Crippen molar-refractivity contribution in [3.8, 4) is 0 Å². The summed E-state index contributed by atoms with van der Waals surface area (Å²) in [5.74, 6) is 1.02. The molecule has 5 heteroatoms. The minimum absolute atomic E-state index is 0.486. The number of thiophene rings is 1. The minimum atomic E-state index is 0.486. The van der Waals surface area contributed by atoms with Crippen LogP contribution in [-0.2, 0) is 13.0 Å². The highest BCUT2D eigenvalue weighted by atomic mass is 32.1. The molecule has 0 bridgehead atoms. The highest BCUT2D eigenvalue weighted by Gasteiger charge is 2.13. The quantitative estimate of drug-likeness (QED) is 0.748. The minimum Gasteiger partial charge on any atom is -0.392 e. The highest BCUT2D eigenvalue weighted by Crippen LogP contribution is 2.23. The van der Waals surface area contributed by atoms with Gasteiger partial charge in [-0.3, -0.25) is 0 Å². The maximum Gasteiger partial charge on any atom is 0.115 e. The van der Waals surface area contributed by atoms with Gasteiger partial charge in [-0.05, 0) is 48.6 Å². The number of benzene rings is 1. The van der Waals surface area contributed by atoms with Crippen LogP contribution in [0.25, 0.3) is 11.0 Å². The molecule has 3 rings (SSSR count). The van der Waals surface area contributed by atoms with Gasteiger partial charge in [0.05, 0.1) is 22.6 Å². The van der Waals surface area contributed by atoms with Crippen molar-refractivity contribution >= 4 is 39.6 Å². The standard InChI is InChI=1S/C16H17N3S2/c1-10-6-13-14(7-11(10)2)19(9-15(17)20)16(18-13)8-12-4-3-5-21-12/h3-7H,8-9H2,1-2H3,(H2,17,20). The van der Waals surface area contributed by atoms with Crippen molar-refractivity contribution < 1.29 is 0 Å². The van der Waals surface area contributed by atoms with Gasteiger partial charge in [0, 0.05) is 11.3 Å². The largest absolute Gasteiger partial charge is 0.392 e. The zero-order valence-electron chi connectivity index (χ0n) is 12.1. The van der Waals surface area contributed by atoms with Gasteiger partial charge in [0.1, 0.15) is 5.82 Å². The molecule has 108 valence electrons. The van der Waals surface area contributed by atoms with Crippen LogP contribution in [0.15, 0.2) is 29.6 Å². The molecule has 3 nitrogen and oxygen atoms in total. The van der Waals surface area contributed by atoms with Gasteiger partial charge < -0.3 is 10.3 Å². The Kier molecular flexibility index (Phi) is 3.78. The number of hydrogen-bond donors (Lipinski definition) is 1. The maximum atomic E-state index is 5.77. The first-order valence-corrected chi connectivity index (χ1v) is 8.10. The normalized spacial score (nSPS) is 11.1. The Balaban J connectivity index is 2.15. The third-order valence-corrected chi connectivity index (χ3v) is 4.67. The molecule has 2 heterocycles. The molecule has 2 N–H and O–H groups in total. The van der Waals surface area contributed by atoms with Gasteiger partial charge in [-0.1, -0.05) is 18.3 Å². The van der Waals surface area contributed by atoms with Crippen molar-refractivity contribution in [2.75, 3.05) is 0 Å². The molecule has 2 aromatic heterocycles. The van der Waals surface area contributed by atoms with Gasteiger partial charge in [-0.2, -0.15) is 0 Å². The number of imidazole rings is 1. The molecule has 0 aliphatic carbocycles. The molecule has 3 aromatic rings. The van der Waals surface area contributed by atoms with Gasteiger partial charge >= 0.3 is 0 Å². The van der Waals surface area contributed by atoms with Crippen LogP contribution in [0.4, 0.5) is 0 Å². The lowest BCUT2D eigenvalue weighted by Crippen LogP contribution is -2.18. The predicted octanol–water partition coefficient (Wildman–Crippen LogP) is 3.59. The van der Waals surface area contributed by atoms with E-state index in [1.54, 1.807) is 11.3 Å². The Morgan fingerprint density at radius 1 is 1.33 bits per heavy atom. The van der Waals surface area contributed by atoms with E-state index >= 15 is 0 Å². The van der Waals surface area contributed by atoms with Crippen molar-refractivity contribution in [1.82, 2.24) is 9.55 Å². The summed E-state index contributed by atoms with van der Waals surface area (Å²) in [6.45, 7) is 4.77. The number of nitrogens with zero attached hydrogens (tertiary/aromatic N) is 2. The predicted molar refractivity (Wildman–Crippen MR) is 93.1 cm³/mol. The highest BCUT2D eigenvalue weighted by molar-refractivity contribution is 7.80. The molecule has 0 atom stereocenters. The van der Waals surface area contributed by atoms with E-state index < -0.39 is 0 Å². The SMILES string of the molecule is Cc1cc2nc(Cc3cccs3)n(CC(N)=S)c2cc1C. The lowest BCUT2D eigenvalue weighted by atomic mass is 10.1. The number of fused-ring (bicyclic) bond motifs is 1. The molecule has 0 saturated carbocycles. The number of thiocarbonyl (C=S) groups is 1. The van der Waals surface area contributed by atoms with Crippen molar-refractivity contribution in [3.63, 3.8) is 0 Å². The van der Waals surface area contributed by atoms with E-state index in [4.69, 9.17) is 22.9 Å². The fraction of sp³-hybridized carbons (Fsp3) is 0.250. The summed E-state index contributed by atoms with van der Waals surface area (Å²) < 4.78 is 2.14. The summed E-state index contributed by atoms with van der Waals surface area (Å²) in [6.07, 6.45) is 0.813. The van der Waals surface area contributed by atoms with Gasteiger partial charge in [-0.15, -0.1) is 11.3 Å². The average molecular weight is 315 g/mol. The Labute approximate surface area is 133 Å². The van der Waals surface area contributed by atoms with Crippen LogP contribution >= 0.6 is 23.6 Å². The van der Waals surface area contributed by atoms with Gasteiger partial charge in [0.2, 0.25) is 0 Å². The monoisotopic (exact) mass is 315 g/mol. The average Bonchev–Trinajstić information content (AvgIpc) is 3.01. The second kappa shape index (κ2) is 5.58. The zero-order valence-corrected chi connectivity index (χ0v) is 13.7. The van der Waals surface area contributed by atoms with Crippen LogP contribution in [0.3, 0.4) is 0 Å². The summed E-state index contributed by atoms with van der Waals surface area (Å²) in [5.41, 5.74) is 10.4. The first kappa shape index (κ1) is 14.2. The molecule has 0 amide bonds. The second-order valence-electron chi connectivity index (χ2n) is 5.26. The van der Waals surface area contributed by atoms with Gasteiger partial charge in [-0.25, -0.2) is 4.98 Å². The Morgan fingerprint density at radius 2 is 2.10 bits per heavy atom. The smallest absolute Gasteiger partial charge is 0.115 e. The molecule has 0 fully saturated rings. The summed E-state index contributed by atoms with van der Waals surface area (Å²) in [5, 5.41) is 2.09. The van der Waals surface area contributed by atoms with Crippen molar-refractivity contribution in [2.24, 2.45) is 5.73 Å². The molecule has 0 radical (unpaired) electrons. The van der Waals surface area contributed by atoms with Crippen LogP contribution in [0.5, 0.6) is 0 Å². The third kappa shape index (κ3) is 2.84. The third-order valence-electron chi connectivity index (χ3n) is 3.67. The first-order valence-electron chi connectivity index (χ1n) is 6.81. The van der Waals surface area contributed by atoms with Crippen molar-refractivity contribution in [1.29, 1.82) is 0 Å². The van der Waals surface area contributed by atoms with E-state index in [0.717, 1.165) is 23.3 Å². The fourth-order valence-electron chi connectivity index (χ4n) is 2.47. The van der Waals surface area contributed by atoms with E-state index in [1.807, 2.05) is 0 Å². The Morgan fingerprint density at radius 3 is 2.76 bits per heavy atom. The Bertz CT molecular complexity index is 801. The number of hydrogen-bond acceptors (Lipinski definition) is 3. The van der Waals surface area contributed by atoms with Crippen LogP contribution in [0.1, 0.15) is 21.8 Å². The molecule has 0 saturated heterocycles. The van der Waals surface area contributed by atoms with E-state index in [1.165, 1.54) is 16.0 Å². The molecule has 0 aliphatic rings. The topological polar surface area (TPSA) is 43.8 Å². The van der Waals surface area contributed by atoms with Crippen molar-refractivity contribution in [2.45, 2.75) is 26.8 Å². The van der Waals surface area contributed by atoms with Crippen LogP contribution < -0.4 is 5.73 Å². The van der Waals surface area contributed by atoms with E-state index in [2.05, 4.69) is 48.1 Å². The van der Waals surface area contributed by atoms with Crippen LogP contribution in [-0.4, -0.2) is 14.5 Å². The van der Waals surface area contributed by atoms with E-state index in [0.29, 0.717) is 11.5 Å². The maximum absolute atomic E-state index is 5.77. The lowest BCUT2D eigenvalue weighted by Gasteiger charge is -2.08. The molecular weight excluding hydrogens is 298 g/mol. The van der Waals surface area contributed by atoms with Gasteiger partial charge in [0.25, 0.3) is 0 Å². The summed E-state index contributed by atoms with van der Waals surface area (Å²) in [6, 6.07) is 8.51. The number of aryl methyl sites for hydroxylation is 2. The summed E-state index contributed by atoms with van der Waals surface area (Å²) in [7, 11) is 0. The molecular formula is C16H17N3S2. The molecule has 0 aliphatic heterocycles. The molecule has 0 unspecified atom stereocenters. The molecule has 21 heavy (non-hydrogen) atoms. The van der Waals surface area contributed by atoms with Crippen LogP contribution in [0.2, 0.25) is 0 Å². The fourth-order valence-corrected chi connectivity index (χ4v) is 3.30. The second-order valence-corrected chi connectivity index (χ2v) is 6.82. The summed E-state index contributed by atoms with van der Waals surface area (Å²) in [4.78, 5) is 6.58. The molecule has 0 spiro atoms. The number of nitrogens with two attached hydrogens (primary N) is 1. The van der Waals surface area contributed by atoms with Crippen molar-refractivity contribution in [3.05, 3.63) is 51.5 Å².